The average Bonchev–Trinajstić information content (AvgIpc) is 2.56. The third-order valence-electron chi connectivity index (χ3n) is 3.25. The highest BCUT2D eigenvalue weighted by atomic mass is 16.3. The Morgan fingerprint density at radius 1 is 0.952 bits per heavy atom. The zero-order valence-electron chi connectivity index (χ0n) is 11.3. The standard InChI is InChI=1S/C17H13N3O/c21-20-17(19-12-13-7-9-18-10-8-13)16-6-5-14-3-1-2-4-15(14)11-16/h1-11H,12H2. The Hall–Kier alpha value is -2.88. The highest BCUT2D eigenvalue weighted by Crippen LogP contribution is 2.17. The molecule has 1 aromatic heterocycles. The van der Waals surface area contributed by atoms with Crippen molar-refractivity contribution in [2.75, 3.05) is 0 Å². The number of aromatic nitrogens is 1. The highest BCUT2D eigenvalue weighted by molar-refractivity contribution is 6.02. The molecule has 0 radical (unpaired) electrons. The quantitative estimate of drug-likeness (QED) is 0.413. The van der Waals surface area contributed by atoms with Crippen LogP contribution in [0.3, 0.4) is 0 Å². The molecule has 0 spiro atoms. The monoisotopic (exact) mass is 275 g/mol. The number of amidine groups is 1. The minimum atomic E-state index is 0.220. The molecule has 0 N–H and O–H groups in total. The molecule has 21 heavy (non-hydrogen) atoms. The Morgan fingerprint density at radius 2 is 1.71 bits per heavy atom. The van der Waals surface area contributed by atoms with Gasteiger partial charge in [0.2, 0.25) is 0 Å². The van der Waals surface area contributed by atoms with Crippen LogP contribution in [0.2, 0.25) is 0 Å². The predicted octanol–water partition coefficient (Wildman–Crippen LogP) is 3.95. The van der Waals surface area contributed by atoms with Gasteiger partial charge in [-0.05, 0) is 39.7 Å². The summed E-state index contributed by atoms with van der Waals surface area (Å²) in [7, 11) is 0. The van der Waals surface area contributed by atoms with Crippen LogP contribution >= 0.6 is 0 Å². The maximum absolute atomic E-state index is 11.1. The van der Waals surface area contributed by atoms with Crippen molar-refractivity contribution in [2.24, 2.45) is 10.2 Å². The van der Waals surface area contributed by atoms with E-state index in [4.69, 9.17) is 0 Å². The molecule has 0 bridgehead atoms. The van der Waals surface area contributed by atoms with Crippen LogP contribution in [0.25, 0.3) is 10.8 Å². The first-order valence-corrected chi connectivity index (χ1v) is 6.63. The fourth-order valence-corrected chi connectivity index (χ4v) is 2.16. The Bertz CT molecular complexity index is 797. The highest BCUT2D eigenvalue weighted by Gasteiger charge is 2.05. The van der Waals surface area contributed by atoms with E-state index < -0.39 is 0 Å². The number of nitroso groups, excluding NO2 is 1. The van der Waals surface area contributed by atoms with E-state index in [1.54, 1.807) is 12.4 Å². The fourth-order valence-electron chi connectivity index (χ4n) is 2.16. The zero-order chi connectivity index (χ0) is 14.5. The van der Waals surface area contributed by atoms with E-state index in [-0.39, 0.29) is 5.84 Å². The molecule has 0 aliphatic heterocycles. The van der Waals surface area contributed by atoms with Gasteiger partial charge in [0, 0.05) is 18.0 Å². The van der Waals surface area contributed by atoms with Gasteiger partial charge in [-0.15, -0.1) is 4.91 Å². The lowest BCUT2D eigenvalue weighted by atomic mass is 10.1. The maximum atomic E-state index is 11.1. The van der Waals surface area contributed by atoms with Gasteiger partial charge < -0.3 is 0 Å². The molecule has 0 unspecified atom stereocenters. The third-order valence-corrected chi connectivity index (χ3v) is 3.25. The van der Waals surface area contributed by atoms with Crippen molar-refractivity contribution in [3.63, 3.8) is 0 Å². The van der Waals surface area contributed by atoms with Crippen LogP contribution in [0.1, 0.15) is 11.1 Å². The molecule has 3 rings (SSSR count). The van der Waals surface area contributed by atoms with Gasteiger partial charge in [0.05, 0.1) is 6.54 Å². The number of rotatable bonds is 3. The van der Waals surface area contributed by atoms with E-state index in [2.05, 4.69) is 15.2 Å². The Balaban J connectivity index is 1.92. The van der Waals surface area contributed by atoms with Crippen molar-refractivity contribution in [3.05, 3.63) is 83.0 Å². The normalized spacial score (nSPS) is 11.5. The maximum Gasteiger partial charge on any atom is 0.199 e. The summed E-state index contributed by atoms with van der Waals surface area (Å²) >= 11 is 0. The van der Waals surface area contributed by atoms with Gasteiger partial charge in [-0.2, -0.15) is 0 Å². The number of fused-ring (bicyclic) bond motifs is 1. The Labute approximate surface area is 122 Å². The number of pyridine rings is 1. The van der Waals surface area contributed by atoms with E-state index in [0.29, 0.717) is 6.54 Å². The summed E-state index contributed by atoms with van der Waals surface area (Å²) in [6, 6.07) is 17.5. The molecule has 0 saturated carbocycles. The van der Waals surface area contributed by atoms with E-state index in [1.807, 2.05) is 54.6 Å². The molecule has 0 amide bonds. The summed E-state index contributed by atoms with van der Waals surface area (Å²) in [5.41, 5.74) is 1.73. The van der Waals surface area contributed by atoms with Crippen molar-refractivity contribution < 1.29 is 0 Å². The van der Waals surface area contributed by atoms with Crippen LogP contribution in [0.15, 0.2) is 77.2 Å². The molecule has 3 aromatic rings. The second-order valence-electron chi connectivity index (χ2n) is 4.65. The molecule has 2 aromatic carbocycles. The van der Waals surface area contributed by atoms with Crippen LogP contribution in [-0.2, 0) is 6.54 Å². The molecule has 0 atom stereocenters. The topological polar surface area (TPSA) is 54.7 Å². The van der Waals surface area contributed by atoms with Gasteiger partial charge in [0.15, 0.2) is 5.84 Å². The molecule has 0 saturated heterocycles. The zero-order valence-corrected chi connectivity index (χ0v) is 11.3. The molecular weight excluding hydrogens is 262 g/mol. The van der Waals surface area contributed by atoms with Crippen LogP contribution < -0.4 is 0 Å². The summed E-state index contributed by atoms with van der Waals surface area (Å²) in [6.45, 7) is 0.413. The van der Waals surface area contributed by atoms with Gasteiger partial charge in [0.1, 0.15) is 0 Å². The van der Waals surface area contributed by atoms with E-state index in [0.717, 1.165) is 21.9 Å². The second kappa shape index (κ2) is 6.05. The van der Waals surface area contributed by atoms with Crippen molar-refractivity contribution >= 4 is 16.6 Å². The molecule has 0 aliphatic rings. The van der Waals surface area contributed by atoms with E-state index in [1.165, 1.54) is 0 Å². The summed E-state index contributed by atoms with van der Waals surface area (Å²) in [5, 5.41) is 5.26. The summed E-state index contributed by atoms with van der Waals surface area (Å²) in [4.78, 5) is 19.3. The minimum absolute atomic E-state index is 0.220. The number of benzene rings is 2. The molecule has 0 fully saturated rings. The second-order valence-corrected chi connectivity index (χ2v) is 4.65. The molecular formula is C17H13N3O. The Kier molecular flexibility index (Phi) is 3.78. The number of hydrogen-bond donors (Lipinski definition) is 0. The summed E-state index contributed by atoms with van der Waals surface area (Å²) < 4.78 is 0. The minimum Gasteiger partial charge on any atom is -0.265 e. The van der Waals surface area contributed by atoms with Gasteiger partial charge in [-0.1, -0.05) is 36.4 Å². The number of aliphatic imine (C=N–C) groups is 1. The molecule has 0 aliphatic carbocycles. The van der Waals surface area contributed by atoms with Crippen LogP contribution in [-0.4, -0.2) is 10.8 Å². The van der Waals surface area contributed by atoms with E-state index >= 15 is 0 Å². The van der Waals surface area contributed by atoms with Crippen molar-refractivity contribution in [1.29, 1.82) is 0 Å². The van der Waals surface area contributed by atoms with E-state index in [9.17, 15) is 4.91 Å². The first-order chi connectivity index (χ1) is 10.4. The van der Waals surface area contributed by atoms with Crippen molar-refractivity contribution in [2.45, 2.75) is 6.54 Å². The average molecular weight is 275 g/mol. The largest absolute Gasteiger partial charge is 0.265 e. The SMILES string of the molecule is O=NC(=NCc1ccncc1)c1ccc2ccccc2c1. The van der Waals surface area contributed by atoms with Gasteiger partial charge >= 0.3 is 0 Å². The van der Waals surface area contributed by atoms with Crippen LogP contribution in [0, 0.1) is 4.91 Å². The first kappa shape index (κ1) is 13.1. The lowest BCUT2D eigenvalue weighted by Crippen LogP contribution is -1.97. The smallest absolute Gasteiger partial charge is 0.199 e. The third kappa shape index (κ3) is 3.00. The lowest BCUT2D eigenvalue weighted by molar-refractivity contribution is 1.05. The van der Waals surface area contributed by atoms with Crippen LogP contribution in [0.5, 0.6) is 0 Å². The summed E-state index contributed by atoms with van der Waals surface area (Å²) in [6.07, 6.45) is 3.41. The molecule has 102 valence electrons. The fraction of sp³-hybridized carbons (Fsp3) is 0.0588. The molecule has 4 heteroatoms. The van der Waals surface area contributed by atoms with Crippen molar-refractivity contribution in [1.82, 2.24) is 4.98 Å². The lowest BCUT2D eigenvalue weighted by Gasteiger charge is -2.02. The number of hydrogen-bond acceptors (Lipinski definition) is 3. The van der Waals surface area contributed by atoms with Gasteiger partial charge in [-0.25, -0.2) is 0 Å². The Morgan fingerprint density at radius 3 is 2.48 bits per heavy atom. The van der Waals surface area contributed by atoms with Crippen molar-refractivity contribution in [3.8, 4) is 0 Å². The predicted molar refractivity (Wildman–Crippen MR) is 84.2 cm³/mol. The van der Waals surface area contributed by atoms with Crippen LogP contribution in [0.4, 0.5) is 0 Å². The number of nitrogens with zero attached hydrogens (tertiary/aromatic N) is 3. The summed E-state index contributed by atoms with van der Waals surface area (Å²) in [5.74, 6) is 0.220. The molecule has 4 nitrogen and oxygen atoms in total. The van der Waals surface area contributed by atoms with Gasteiger partial charge in [-0.3, -0.25) is 9.98 Å². The first-order valence-electron chi connectivity index (χ1n) is 6.63. The molecule has 1 heterocycles. The van der Waals surface area contributed by atoms with Gasteiger partial charge in [0.25, 0.3) is 0 Å².